The van der Waals surface area contributed by atoms with E-state index in [1.54, 1.807) is 23.5 Å². The van der Waals surface area contributed by atoms with Crippen molar-refractivity contribution in [2.24, 2.45) is 0 Å². The minimum atomic E-state index is -0.352. The molecule has 3 nitrogen and oxygen atoms in total. The normalized spacial score (nSPS) is 10.9. The first-order valence-electron chi connectivity index (χ1n) is 11.8. The fraction of sp³-hybridized carbons (Fsp3) is 0.233. The third-order valence-electron chi connectivity index (χ3n) is 5.85. The maximum atomic E-state index is 13.5. The molecule has 0 spiro atoms. The highest BCUT2D eigenvalue weighted by molar-refractivity contribution is 8.01. The Morgan fingerprint density at radius 3 is 2.09 bits per heavy atom. The molecule has 5 heteroatoms. The lowest BCUT2D eigenvalue weighted by atomic mass is 9.92. The Morgan fingerprint density at radius 2 is 1.46 bits per heavy atom. The van der Waals surface area contributed by atoms with E-state index in [1.165, 1.54) is 9.79 Å². The Balaban J connectivity index is 1.90. The summed E-state index contributed by atoms with van der Waals surface area (Å²) in [6, 6.07) is 26.1. The van der Waals surface area contributed by atoms with Crippen molar-refractivity contribution in [1.82, 2.24) is 0 Å². The Bertz CT molecular complexity index is 1290. The lowest BCUT2D eigenvalue weighted by Gasteiger charge is -2.19. The van der Waals surface area contributed by atoms with E-state index in [-0.39, 0.29) is 12.6 Å². The molecule has 0 aromatic heterocycles. The standard InChI is InChI=1S/C30H30O3S2/c1-4-5-16-32-26-17-25(30(31)33-20-21-12-8-6-9-13-21)29(22-14-10-7-11-15-22)24-19-28(35-3)27(34-2)18-23(24)26/h6-15,17-19H,4-5,16,20H2,1-3H3. The number of ether oxygens (including phenoxy) is 2. The smallest absolute Gasteiger partial charge is 0.339 e. The second kappa shape index (κ2) is 12.2. The molecule has 0 atom stereocenters. The molecule has 0 saturated heterocycles. The molecule has 0 heterocycles. The van der Waals surface area contributed by atoms with E-state index in [9.17, 15) is 4.79 Å². The van der Waals surface area contributed by atoms with E-state index in [2.05, 4.69) is 31.6 Å². The monoisotopic (exact) mass is 502 g/mol. The maximum Gasteiger partial charge on any atom is 0.339 e. The van der Waals surface area contributed by atoms with Crippen LogP contribution < -0.4 is 4.74 Å². The van der Waals surface area contributed by atoms with Gasteiger partial charge < -0.3 is 9.47 Å². The van der Waals surface area contributed by atoms with E-state index in [0.717, 1.165) is 46.1 Å². The van der Waals surface area contributed by atoms with Gasteiger partial charge >= 0.3 is 5.97 Å². The highest BCUT2D eigenvalue weighted by atomic mass is 32.2. The fourth-order valence-electron chi connectivity index (χ4n) is 4.04. The molecule has 4 aromatic carbocycles. The van der Waals surface area contributed by atoms with Crippen LogP contribution in [0.3, 0.4) is 0 Å². The highest BCUT2D eigenvalue weighted by Gasteiger charge is 2.22. The minimum absolute atomic E-state index is 0.222. The zero-order valence-electron chi connectivity index (χ0n) is 20.4. The molecule has 0 aliphatic carbocycles. The second-order valence-electron chi connectivity index (χ2n) is 8.18. The van der Waals surface area contributed by atoms with Gasteiger partial charge in [-0.2, -0.15) is 0 Å². The van der Waals surface area contributed by atoms with Crippen LogP contribution in [0, 0.1) is 0 Å². The van der Waals surface area contributed by atoms with Gasteiger partial charge in [-0.1, -0.05) is 74.0 Å². The SMILES string of the molecule is CCCCOc1cc(C(=O)OCc2ccccc2)c(-c2ccccc2)c2cc(SC)c(SC)cc12. The first-order chi connectivity index (χ1) is 17.2. The number of thioether (sulfide) groups is 2. The van der Waals surface area contributed by atoms with Crippen LogP contribution in [0.25, 0.3) is 21.9 Å². The summed E-state index contributed by atoms with van der Waals surface area (Å²) in [5.41, 5.74) is 3.34. The molecule has 0 saturated carbocycles. The van der Waals surface area contributed by atoms with Crippen molar-refractivity contribution in [3.63, 3.8) is 0 Å². The van der Waals surface area contributed by atoms with Gasteiger partial charge in [-0.3, -0.25) is 0 Å². The topological polar surface area (TPSA) is 35.5 Å². The van der Waals surface area contributed by atoms with Crippen LogP contribution in [0.1, 0.15) is 35.7 Å². The summed E-state index contributed by atoms with van der Waals surface area (Å²) >= 11 is 3.43. The van der Waals surface area contributed by atoms with Gasteiger partial charge in [0.15, 0.2) is 0 Å². The number of esters is 1. The third-order valence-corrected chi connectivity index (χ3v) is 7.54. The predicted molar refractivity (Wildman–Crippen MR) is 149 cm³/mol. The van der Waals surface area contributed by atoms with E-state index in [1.807, 2.05) is 66.7 Å². The van der Waals surface area contributed by atoms with Gasteiger partial charge in [-0.15, -0.1) is 23.5 Å². The highest BCUT2D eigenvalue weighted by Crippen LogP contribution is 2.43. The van der Waals surface area contributed by atoms with Gasteiger partial charge in [-0.25, -0.2) is 4.79 Å². The number of hydrogen-bond acceptors (Lipinski definition) is 5. The van der Waals surface area contributed by atoms with Crippen molar-refractivity contribution in [2.45, 2.75) is 36.2 Å². The van der Waals surface area contributed by atoms with Gasteiger partial charge in [0.2, 0.25) is 0 Å². The molecule has 0 unspecified atom stereocenters. The minimum Gasteiger partial charge on any atom is -0.493 e. The first kappa shape index (κ1) is 25.2. The zero-order valence-corrected chi connectivity index (χ0v) is 22.0. The van der Waals surface area contributed by atoms with Gasteiger partial charge in [0.25, 0.3) is 0 Å². The van der Waals surface area contributed by atoms with Crippen molar-refractivity contribution in [3.8, 4) is 16.9 Å². The van der Waals surface area contributed by atoms with Crippen LogP contribution in [0.5, 0.6) is 5.75 Å². The van der Waals surface area contributed by atoms with E-state index >= 15 is 0 Å². The molecular weight excluding hydrogens is 472 g/mol. The number of carbonyl (C=O) groups is 1. The molecule has 4 aromatic rings. The van der Waals surface area contributed by atoms with Crippen molar-refractivity contribution in [3.05, 3.63) is 90.0 Å². The maximum absolute atomic E-state index is 13.5. The Morgan fingerprint density at radius 1 is 0.829 bits per heavy atom. The van der Waals surface area contributed by atoms with Crippen LogP contribution in [0.15, 0.2) is 88.7 Å². The second-order valence-corrected chi connectivity index (χ2v) is 9.88. The predicted octanol–water partition coefficient (Wildman–Crippen LogP) is 8.49. The lowest BCUT2D eigenvalue weighted by molar-refractivity contribution is 0.0473. The molecule has 0 radical (unpaired) electrons. The molecule has 0 aliphatic heterocycles. The van der Waals surface area contributed by atoms with Crippen LogP contribution >= 0.6 is 23.5 Å². The quantitative estimate of drug-likeness (QED) is 0.123. The fourth-order valence-corrected chi connectivity index (χ4v) is 5.53. The molecule has 4 rings (SSSR count). The molecule has 0 N–H and O–H groups in total. The van der Waals surface area contributed by atoms with Crippen LogP contribution in [-0.4, -0.2) is 25.1 Å². The molecule has 180 valence electrons. The summed E-state index contributed by atoms with van der Waals surface area (Å²) in [5.74, 6) is 0.373. The molecular formula is C30H30O3S2. The zero-order chi connectivity index (χ0) is 24.6. The number of fused-ring (bicyclic) bond motifs is 1. The number of carbonyl (C=O) groups excluding carboxylic acids is 1. The van der Waals surface area contributed by atoms with Crippen molar-refractivity contribution >= 4 is 40.3 Å². The molecule has 0 bridgehead atoms. The van der Waals surface area contributed by atoms with Crippen LogP contribution in [0.2, 0.25) is 0 Å². The van der Waals surface area contributed by atoms with Crippen LogP contribution in [-0.2, 0) is 11.3 Å². The van der Waals surface area contributed by atoms with Gasteiger partial charge in [0.1, 0.15) is 12.4 Å². The van der Waals surface area contributed by atoms with Crippen molar-refractivity contribution < 1.29 is 14.3 Å². The van der Waals surface area contributed by atoms with Crippen molar-refractivity contribution in [1.29, 1.82) is 0 Å². The first-order valence-corrected chi connectivity index (χ1v) is 14.2. The molecule has 0 amide bonds. The summed E-state index contributed by atoms with van der Waals surface area (Å²) in [7, 11) is 0. The Labute approximate surface area is 216 Å². The van der Waals surface area contributed by atoms with Gasteiger partial charge in [-0.05, 0) is 53.6 Å². The number of benzene rings is 4. The number of hydrogen-bond donors (Lipinski definition) is 0. The van der Waals surface area contributed by atoms with E-state index in [0.29, 0.717) is 12.2 Å². The van der Waals surface area contributed by atoms with E-state index in [4.69, 9.17) is 9.47 Å². The number of unbranched alkanes of at least 4 members (excludes halogenated alkanes) is 1. The average molecular weight is 503 g/mol. The van der Waals surface area contributed by atoms with E-state index < -0.39 is 0 Å². The summed E-state index contributed by atoms with van der Waals surface area (Å²) in [6.45, 7) is 2.97. The molecule has 0 fully saturated rings. The molecule has 0 aliphatic rings. The van der Waals surface area contributed by atoms with Gasteiger partial charge in [0, 0.05) is 20.7 Å². The van der Waals surface area contributed by atoms with Gasteiger partial charge in [0.05, 0.1) is 12.2 Å². The van der Waals surface area contributed by atoms with Crippen LogP contribution in [0.4, 0.5) is 0 Å². The third kappa shape index (κ3) is 5.85. The Hall–Kier alpha value is -2.89. The number of rotatable bonds is 10. The summed E-state index contributed by atoms with van der Waals surface area (Å²) < 4.78 is 12.1. The summed E-state index contributed by atoms with van der Waals surface area (Å²) in [4.78, 5) is 15.9. The van der Waals surface area contributed by atoms with Crippen molar-refractivity contribution in [2.75, 3.05) is 19.1 Å². The Kier molecular flexibility index (Phi) is 8.78. The summed E-state index contributed by atoms with van der Waals surface area (Å²) in [5, 5.41) is 2.01. The largest absolute Gasteiger partial charge is 0.493 e. The average Bonchev–Trinajstić information content (AvgIpc) is 2.91. The molecule has 35 heavy (non-hydrogen) atoms. The lowest BCUT2D eigenvalue weighted by Crippen LogP contribution is -2.09. The summed E-state index contributed by atoms with van der Waals surface area (Å²) in [6.07, 6.45) is 6.17.